The monoisotopic (exact) mass is 338 g/mol. The largest absolute Gasteiger partial charge is 0.122 e. The fourth-order valence-electron chi connectivity index (χ4n) is 1.61. The summed E-state index contributed by atoms with van der Waals surface area (Å²) in [5.74, 6) is 0.399. The normalized spacial score (nSPS) is 10.7. The summed E-state index contributed by atoms with van der Waals surface area (Å²) in [6.45, 7) is 0. The van der Waals surface area contributed by atoms with Crippen molar-refractivity contribution in [3.8, 4) is 11.1 Å². The van der Waals surface area contributed by atoms with Crippen LogP contribution in [0, 0.1) is 0 Å². The Balaban J connectivity index is 2.68. The summed E-state index contributed by atoms with van der Waals surface area (Å²) in [5, 5.41) is 1.90. The lowest BCUT2D eigenvalue weighted by Crippen LogP contribution is -1.86. The Morgan fingerprint density at radius 2 is 1.50 bits per heavy atom. The van der Waals surface area contributed by atoms with Gasteiger partial charge in [0.2, 0.25) is 0 Å². The van der Waals surface area contributed by atoms with Crippen LogP contribution < -0.4 is 0 Å². The van der Waals surface area contributed by atoms with Crippen molar-refractivity contribution in [1.29, 1.82) is 0 Å². The maximum absolute atomic E-state index is 6.19. The molecule has 0 fully saturated rings. The van der Waals surface area contributed by atoms with E-state index >= 15 is 0 Å². The molecule has 0 aliphatic heterocycles. The minimum atomic E-state index is 0.395. The van der Waals surface area contributed by atoms with E-state index in [9.17, 15) is 0 Å². The van der Waals surface area contributed by atoms with Crippen LogP contribution in [-0.2, 0) is 5.88 Å². The molecule has 0 bridgehead atoms. The van der Waals surface area contributed by atoms with Crippen molar-refractivity contribution < 1.29 is 0 Å². The van der Waals surface area contributed by atoms with Crippen molar-refractivity contribution >= 4 is 58.0 Å². The van der Waals surface area contributed by atoms with Gasteiger partial charge < -0.3 is 0 Å². The molecule has 94 valence electrons. The Hall–Kier alpha value is -0.110. The molecular weight excluding hydrogens is 333 g/mol. The van der Waals surface area contributed by atoms with Crippen molar-refractivity contribution in [3.05, 3.63) is 56.0 Å². The van der Waals surface area contributed by atoms with Gasteiger partial charge in [0.05, 0.1) is 10.0 Å². The number of halogens is 5. The van der Waals surface area contributed by atoms with Crippen LogP contribution in [0.5, 0.6) is 0 Å². The fourth-order valence-corrected chi connectivity index (χ4v) is 2.70. The molecule has 0 N–H and O–H groups in total. The number of hydrogen-bond acceptors (Lipinski definition) is 0. The third-order valence-electron chi connectivity index (χ3n) is 2.47. The van der Waals surface area contributed by atoms with Gasteiger partial charge in [0, 0.05) is 27.1 Å². The minimum absolute atomic E-state index is 0.395. The molecule has 18 heavy (non-hydrogen) atoms. The quantitative estimate of drug-likeness (QED) is 0.421. The first-order valence-electron chi connectivity index (χ1n) is 5.02. The van der Waals surface area contributed by atoms with Crippen molar-refractivity contribution in [2.75, 3.05) is 0 Å². The molecule has 0 unspecified atom stereocenters. The molecule has 2 rings (SSSR count). The zero-order valence-corrected chi connectivity index (χ0v) is 12.8. The molecule has 0 spiro atoms. The van der Waals surface area contributed by atoms with Gasteiger partial charge >= 0.3 is 0 Å². The Kier molecular flexibility index (Phi) is 4.69. The van der Waals surface area contributed by atoms with E-state index in [1.165, 1.54) is 0 Å². The minimum Gasteiger partial charge on any atom is -0.122 e. The van der Waals surface area contributed by atoms with Crippen LogP contribution in [-0.4, -0.2) is 0 Å². The van der Waals surface area contributed by atoms with Gasteiger partial charge in [-0.05, 0) is 29.8 Å². The summed E-state index contributed by atoms with van der Waals surface area (Å²) in [7, 11) is 0. The Morgan fingerprint density at radius 3 is 2.17 bits per heavy atom. The lowest BCUT2D eigenvalue weighted by molar-refractivity contribution is 1.40. The molecule has 2 aromatic carbocycles. The number of benzene rings is 2. The fraction of sp³-hybridized carbons (Fsp3) is 0.0769. The van der Waals surface area contributed by atoms with E-state index in [-0.39, 0.29) is 0 Å². The number of rotatable bonds is 2. The van der Waals surface area contributed by atoms with Gasteiger partial charge in [-0.25, -0.2) is 0 Å². The van der Waals surface area contributed by atoms with E-state index in [1.807, 2.05) is 12.1 Å². The van der Waals surface area contributed by atoms with Crippen LogP contribution in [0.3, 0.4) is 0 Å². The lowest BCUT2D eigenvalue weighted by Gasteiger charge is -2.10. The van der Waals surface area contributed by atoms with Gasteiger partial charge in [0.25, 0.3) is 0 Å². The molecule has 0 saturated carbocycles. The summed E-state index contributed by atoms with van der Waals surface area (Å²) >= 11 is 30.2. The van der Waals surface area contributed by atoms with Gasteiger partial charge in [0.15, 0.2) is 0 Å². The first-order valence-corrected chi connectivity index (χ1v) is 7.07. The highest BCUT2D eigenvalue weighted by Crippen LogP contribution is 2.39. The van der Waals surface area contributed by atoms with Crippen LogP contribution in [0.25, 0.3) is 11.1 Å². The second kappa shape index (κ2) is 5.90. The van der Waals surface area contributed by atoms with E-state index in [2.05, 4.69) is 0 Å². The average molecular weight is 340 g/mol. The van der Waals surface area contributed by atoms with E-state index in [1.54, 1.807) is 18.2 Å². The van der Waals surface area contributed by atoms with Crippen LogP contribution in [0.4, 0.5) is 0 Å². The second-order valence-corrected chi connectivity index (χ2v) is 5.59. The smallest absolute Gasteiger partial charge is 0.0672 e. The summed E-state index contributed by atoms with van der Waals surface area (Å²) in [4.78, 5) is 0. The van der Waals surface area contributed by atoms with Gasteiger partial charge in [-0.3, -0.25) is 0 Å². The third kappa shape index (κ3) is 2.89. The summed E-state index contributed by atoms with van der Waals surface area (Å²) in [5.41, 5.74) is 2.42. The van der Waals surface area contributed by atoms with Crippen molar-refractivity contribution in [2.45, 2.75) is 5.88 Å². The maximum atomic E-state index is 6.19. The maximum Gasteiger partial charge on any atom is 0.0672 e. The number of hydrogen-bond donors (Lipinski definition) is 0. The summed E-state index contributed by atoms with van der Waals surface area (Å²) in [6, 6.07) is 8.84. The zero-order chi connectivity index (χ0) is 13.3. The van der Waals surface area contributed by atoms with Gasteiger partial charge in [-0.15, -0.1) is 11.6 Å². The Labute approximate surface area is 130 Å². The standard InChI is InChI=1S/C13H7Cl5/c14-6-7-1-2-11(16)9(3-7)10-4-8(15)5-12(17)13(10)18/h1-5H,6H2. The van der Waals surface area contributed by atoms with Crippen LogP contribution in [0.15, 0.2) is 30.3 Å². The average Bonchev–Trinajstić information content (AvgIpc) is 2.34. The third-order valence-corrected chi connectivity index (χ3v) is 4.13. The highest BCUT2D eigenvalue weighted by atomic mass is 35.5. The van der Waals surface area contributed by atoms with E-state index in [4.69, 9.17) is 58.0 Å². The molecule has 0 amide bonds. The summed E-state index contributed by atoms with van der Waals surface area (Å²) < 4.78 is 0. The molecule has 0 aliphatic rings. The molecule has 5 heteroatoms. The SMILES string of the molecule is ClCc1ccc(Cl)c(-c2cc(Cl)cc(Cl)c2Cl)c1. The highest BCUT2D eigenvalue weighted by molar-refractivity contribution is 6.45. The number of alkyl halides is 1. The van der Waals surface area contributed by atoms with Gasteiger partial charge in [-0.1, -0.05) is 52.5 Å². The molecule has 0 nitrogen and oxygen atoms in total. The first kappa shape index (κ1) is 14.3. The zero-order valence-electron chi connectivity index (χ0n) is 8.98. The first-order chi connectivity index (χ1) is 8.52. The van der Waals surface area contributed by atoms with Crippen LogP contribution in [0.2, 0.25) is 20.1 Å². The van der Waals surface area contributed by atoms with Crippen LogP contribution >= 0.6 is 58.0 Å². The summed E-state index contributed by atoms with van der Waals surface area (Å²) in [6.07, 6.45) is 0. The van der Waals surface area contributed by atoms with E-state index in [0.29, 0.717) is 31.5 Å². The van der Waals surface area contributed by atoms with E-state index < -0.39 is 0 Å². The van der Waals surface area contributed by atoms with Crippen molar-refractivity contribution in [2.24, 2.45) is 0 Å². The van der Waals surface area contributed by atoms with Gasteiger partial charge in [0.1, 0.15) is 0 Å². The molecule has 2 aromatic rings. The molecule has 0 radical (unpaired) electrons. The lowest BCUT2D eigenvalue weighted by atomic mass is 10.0. The topological polar surface area (TPSA) is 0 Å². The van der Waals surface area contributed by atoms with Crippen molar-refractivity contribution in [1.82, 2.24) is 0 Å². The predicted molar refractivity (Wildman–Crippen MR) is 81.5 cm³/mol. The second-order valence-electron chi connectivity index (χ2n) is 3.70. The molecule has 0 atom stereocenters. The Bertz CT molecular complexity index is 592. The molecule has 0 aliphatic carbocycles. The molecule has 0 saturated heterocycles. The molecule has 0 heterocycles. The van der Waals surface area contributed by atoms with E-state index in [0.717, 1.165) is 11.1 Å². The molecular formula is C13H7Cl5. The Morgan fingerprint density at radius 1 is 0.778 bits per heavy atom. The van der Waals surface area contributed by atoms with Gasteiger partial charge in [-0.2, -0.15) is 0 Å². The predicted octanol–water partition coefficient (Wildman–Crippen LogP) is 6.71. The van der Waals surface area contributed by atoms with Crippen molar-refractivity contribution in [3.63, 3.8) is 0 Å². The highest BCUT2D eigenvalue weighted by Gasteiger charge is 2.12. The van der Waals surface area contributed by atoms with Crippen LogP contribution in [0.1, 0.15) is 5.56 Å². The molecule has 0 aromatic heterocycles.